The molecule has 1 amide bonds. The normalized spacial score (nSPS) is 21.9. The maximum absolute atomic E-state index is 12.3. The molecule has 1 aliphatic rings. The minimum absolute atomic E-state index is 0.0160. The fourth-order valence-corrected chi connectivity index (χ4v) is 2.39. The van der Waals surface area contributed by atoms with Crippen LogP contribution in [0.1, 0.15) is 19.8 Å². The SMILES string of the molecule is CC1(C(=O)Nc2cccc(-c3nnco3)c2)CCCN1. The van der Waals surface area contributed by atoms with Crippen molar-refractivity contribution in [3.8, 4) is 11.5 Å². The van der Waals surface area contributed by atoms with Crippen LogP contribution in [0.15, 0.2) is 35.1 Å². The highest BCUT2D eigenvalue weighted by atomic mass is 16.4. The Bertz CT molecular complexity index is 603. The molecule has 1 unspecified atom stereocenters. The molecule has 20 heavy (non-hydrogen) atoms. The molecule has 6 heteroatoms. The summed E-state index contributed by atoms with van der Waals surface area (Å²) in [5.74, 6) is 0.420. The Morgan fingerprint density at radius 3 is 3.10 bits per heavy atom. The predicted octanol–water partition coefficient (Wildman–Crippen LogP) is 1.82. The molecule has 2 aromatic rings. The zero-order valence-electron chi connectivity index (χ0n) is 11.2. The van der Waals surface area contributed by atoms with Crippen LogP contribution in [0.2, 0.25) is 0 Å². The molecule has 0 aliphatic carbocycles. The lowest BCUT2D eigenvalue weighted by Gasteiger charge is -2.23. The first kappa shape index (κ1) is 12.8. The van der Waals surface area contributed by atoms with Gasteiger partial charge in [0.05, 0.1) is 5.54 Å². The molecular weight excluding hydrogens is 256 g/mol. The van der Waals surface area contributed by atoms with Crippen LogP contribution < -0.4 is 10.6 Å². The average molecular weight is 272 g/mol. The van der Waals surface area contributed by atoms with Gasteiger partial charge in [-0.25, -0.2) is 0 Å². The van der Waals surface area contributed by atoms with E-state index in [9.17, 15) is 4.79 Å². The third kappa shape index (κ3) is 2.42. The number of hydrogen-bond acceptors (Lipinski definition) is 5. The van der Waals surface area contributed by atoms with Gasteiger partial charge in [-0.2, -0.15) is 0 Å². The molecule has 3 rings (SSSR count). The summed E-state index contributed by atoms with van der Waals surface area (Å²) in [6.45, 7) is 2.81. The van der Waals surface area contributed by atoms with Crippen molar-refractivity contribution in [2.24, 2.45) is 0 Å². The quantitative estimate of drug-likeness (QED) is 0.890. The van der Waals surface area contributed by atoms with Gasteiger partial charge in [-0.05, 0) is 44.5 Å². The predicted molar refractivity (Wildman–Crippen MR) is 74.0 cm³/mol. The highest BCUT2D eigenvalue weighted by molar-refractivity contribution is 5.98. The van der Waals surface area contributed by atoms with Gasteiger partial charge < -0.3 is 15.1 Å². The summed E-state index contributed by atoms with van der Waals surface area (Å²) < 4.78 is 5.15. The van der Waals surface area contributed by atoms with Crippen molar-refractivity contribution in [2.75, 3.05) is 11.9 Å². The van der Waals surface area contributed by atoms with Crippen molar-refractivity contribution in [3.63, 3.8) is 0 Å². The van der Waals surface area contributed by atoms with Crippen LogP contribution in [0.4, 0.5) is 5.69 Å². The largest absolute Gasteiger partial charge is 0.423 e. The molecule has 2 N–H and O–H groups in total. The molecule has 2 heterocycles. The Hall–Kier alpha value is -2.21. The van der Waals surface area contributed by atoms with Crippen molar-refractivity contribution < 1.29 is 9.21 Å². The molecule has 0 bridgehead atoms. The third-order valence-corrected chi connectivity index (χ3v) is 3.60. The van der Waals surface area contributed by atoms with Crippen LogP contribution in [-0.2, 0) is 4.79 Å². The van der Waals surface area contributed by atoms with Crippen molar-refractivity contribution >= 4 is 11.6 Å². The summed E-state index contributed by atoms with van der Waals surface area (Å²) in [6.07, 6.45) is 3.15. The lowest BCUT2D eigenvalue weighted by Crippen LogP contribution is -2.47. The van der Waals surface area contributed by atoms with Gasteiger partial charge in [-0.3, -0.25) is 4.79 Å². The van der Waals surface area contributed by atoms with E-state index in [1.807, 2.05) is 31.2 Å². The summed E-state index contributed by atoms with van der Waals surface area (Å²) in [7, 11) is 0. The van der Waals surface area contributed by atoms with Gasteiger partial charge in [0.1, 0.15) is 0 Å². The third-order valence-electron chi connectivity index (χ3n) is 3.60. The van der Waals surface area contributed by atoms with Gasteiger partial charge in [0.2, 0.25) is 18.2 Å². The molecule has 1 aromatic heterocycles. The second kappa shape index (κ2) is 5.05. The average Bonchev–Trinajstić information content (AvgIpc) is 3.11. The highest BCUT2D eigenvalue weighted by Gasteiger charge is 2.35. The molecule has 1 aromatic carbocycles. The second-order valence-corrected chi connectivity index (χ2v) is 5.14. The Morgan fingerprint density at radius 1 is 1.50 bits per heavy atom. The van der Waals surface area contributed by atoms with E-state index in [0.29, 0.717) is 5.89 Å². The summed E-state index contributed by atoms with van der Waals surface area (Å²) in [6, 6.07) is 7.37. The first-order valence-corrected chi connectivity index (χ1v) is 6.60. The number of carbonyl (C=O) groups excluding carboxylic acids is 1. The van der Waals surface area contributed by atoms with Crippen molar-refractivity contribution in [1.29, 1.82) is 0 Å². The molecule has 1 saturated heterocycles. The fraction of sp³-hybridized carbons (Fsp3) is 0.357. The molecule has 1 atom stereocenters. The minimum atomic E-state index is -0.486. The lowest BCUT2D eigenvalue weighted by atomic mass is 9.99. The van der Waals surface area contributed by atoms with Gasteiger partial charge in [0.15, 0.2) is 0 Å². The number of anilines is 1. The number of benzene rings is 1. The molecule has 0 saturated carbocycles. The number of amides is 1. The molecule has 1 aliphatic heterocycles. The Labute approximate surface area is 116 Å². The zero-order valence-corrected chi connectivity index (χ0v) is 11.2. The second-order valence-electron chi connectivity index (χ2n) is 5.14. The lowest BCUT2D eigenvalue weighted by molar-refractivity contribution is -0.121. The minimum Gasteiger partial charge on any atom is -0.423 e. The first-order valence-electron chi connectivity index (χ1n) is 6.60. The van der Waals surface area contributed by atoms with E-state index < -0.39 is 5.54 Å². The molecule has 1 fully saturated rings. The highest BCUT2D eigenvalue weighted by Crippen LogP contribution is 2.23. The van der Waals surface area contributed by atoms with E-state index in [1.165, 1.54) is 6.39 Å². The van der Waals surface area contributed by atoms with E-state index >= 15 is 0 Å². The van der Waals surface area contributed by atoms with Gasteiger partial charge >= 0.3 is 0 Å². The number of hydrogen-bond donors (Lipinski definition) is 2. The van der Waals surface area contributed by atoms with Crippen LogP contribution in [0.25, 0.3) is 11.5 Å². The van der Waals surface area contributed by atoms with Crippen LogP contribution in [-0.4, -0.2) is 28.2 Å². The van der Waals surface area contributed by atoms with Crippen molar-refractivity contribution in [2.45, 2.75) is 25.3 Å². The molecular formula is C14H16N4O2. The maximum Gasteiger partial charge on any atom is 0.247 e. The number of nitrogens with zero attached hydrogens (tertiary/aromatic N) is 2. The van der Waals surface area contributed by atoms with E-state index in [-0.39, 0.29) is 5.91 Å². The number of rotatable bonds is 3. The van der Waals surface area contributed by atoms with Gasteiger partial charge in [0.25, 0.3) is 0 Å². The maximum atomic E-state index is 12.3. The summed E-state index contributed by atoms with van der Waals surface area (Å²) >= 11 is 0. The molecule has 0 spiro atoms. The smallest absolute Gasteiger partial charge is 0.247 e. The topological polar surface area (TPSA) is 80.1 Å². The number of carbonyl (C=O) groups is 1. The van der Waals surface area contributed by atoms with E-state index in [2.05, 4.69) is 20.8 Å². The molecule has 6 nitrogen and oxygen atoms in total. The van der Waals surface area contributed by atoms with Crippen LogP contribution in [0.5, 0.6) is 0 Å². The van der Waals surface area contributed by atoms with Gasteiger partial charge in [0, 0.05) is 11.3 Å². The molecule has 104 valence electrons. The first-order chi connectivity index (χ1) is 9.67. The summed E-state index contributed by atoms with van der Waals surface area (Å²) in [5, 5.41) is 13.7. The van der Waals surface area contributed by atoms with E-state index in [1.54, 1.807) is 0 Å². The Balaban J connectivity index is 1.78. The van der Waals surface area contributed by atoms with Crippen LogP contribution in [0, 0.1) is 0 Å². The van der Waals surface area contributed by atoms with Gasteiger partial charge in [-0.15, -0.1) is 10.2 Å². The summed E-state index contributed by atoms with van der Waals surface area (Å²) in [4.78, 5) is 12.3. The summed E-state index contributed by atoms with van der Waals surface area (Å²) in [5.41, 5.74) is 1.02. The fourth-order valence-electron chi connectivity index (χ4n) is 2.39. The van der Waals surface area contributed by atoms with Crippen LogP contribution >= 0.6 is 0 Å². The molecule has 0 radical (unpaired) electrons. The number of nitrogens with one attached hydrogen (secondary N) is 2. The Morgan fingerprint density at radius 2 is 2.40 bits per heavy atom. The number of aromatic nitrogens is 2. The Kier molecular flexibility index (Phi) is 3.23. The van der Waals surface area contributed by atoms with Gasteiger partial charge in [-0.1, -0.05) is 6.07 Å². The standard InChI is InChI=1S/C14H16N4O2/c1-14(6-3-7-15-14)13(19)17-11-5-2-4-10(8-11)12-18-16-9-20-12/h2,4-5,8-9,15H,3,6-7H2,1H3,(H,17,19). The van der Waals surface area contributed by atoms with Crippen molar-refractivity contribution in [3.05, 3.63) is 30.7 Å². The van der Waals surface area contributed by atoms with Crippen molar-refractivity contribution in [1.82, 2.24) is 15.5 Å². The van der Waals surface area contributed by atoms with Crippen LogP contribution in [0.3, 0.4) is 0 Å². The zero-order chi connectivity index (χ0) is 14.0. The van der Waals surface area contributed by atoms with E-state index in [0.717, 1.165) is 30.6 Å². The van der Waals surface area contributed by atoms with E-state index in [4.69, 9.17) is 4.42 Å². The monoisotopic (exact) mass is 272 g/mol.